The van der Waals surface area contributed by atoms with E-state index in [0.717, 1.165) is 16.8 Å². The highest BCUT2D eigenvalue weighted by molar-refractivity contribution is 5.78. The number of nitrogens with one attached hydrogen (secondary N) is 1. The Morgan fingerprint density at radius 3 is 2.47 bits per heavy atom. The summed E-state index contributed by atoms with van der Waals surface area (Å²) in [6.45, 7) is 0.566. The van der Waals surface area contributed by atoms with Gasteiger partial charge in [0.1, 0.15) is 0 Å². The van der Waals surface area contributed by atoms with Crippen molar-refractivity contribution in [1.82, 2.24) is 0 Å². The summed E-state index contributed by atoms with van der Waals surface area (Å²) in [7, 11) is 1.40. The molecule has 0 saturated carbocycles. The minimum Gasteiger partial charge on any atom is -0.469 e. The van der Waals surface area contributed by atoms with Crippen molar-refractivity contribution in [1.29, 1.82) is 0 Å². The highest BCUT2D eigenvalue weighted by Gasteiger charge is 2.04. The third kappa shape index (κ3) is 3.58. The fraction of sp³-hybridized carbons (Fsp3) is 0.188. The van der Waals surface area contributed by atoms with Gasteiger partial charge in [0, 0.05) is 17.8 Å². The maximum absolute atomic E-state index is 11.1. The van der Waals surface area contributed by atoms with Gasteiger partial charge in [-0.2, -0.15) is 0 Å². The van der Waals surface area contributed by atoms with Crippen LogP contribution in [0.15, 0.2) is 54.6 Å². The summed E-state index contributed by atoms with van der Waals surface area (Å²) in [5, 5.41) is 3.28. The van der Waals surface area contributed by atoms with Crippen molar-refractivity contribution in [3.63, 3.8) is 0 Å². The van der Waals surface area contributed by atoms with Gasteiger partial charge in [-0.15, -0.1) is 0 Å². The second-order valence-corrected chi connectivity index (χ2v) is 4.16. The lowest BCUT2D eigenvalue weighted by Crippen LogP contribution is -2.10. The molecule has 3 nitrogen and oxygen atoms in total. The average Bonchev–Trinajstić information content (AvgIpc) is 2.48. The molecule has 0 aromatic heterocycles. The quantitative estimate of drug-likeness (QED) is 0.833. The van der Waals surface area contributed by atoms with Crippen molar-refractivity contribution in [2.45, 2.75) is 6.42 Å². The van der Waals surface area contributed by atoms with Crippen LogP contribution in [-0.2, 0) is 9.53 Å². The van der Waals surface area contributed by atoms with Gasteiger partial charge in [-0.25, -0.2) is 0 Å². The molecule has 0 aliphatic rings. The van der Waals surface area contributed by atoms with Crippen molar-refractivity contribution in [3.8, 4) is 11.1 Å². The fourth-order valence-electron chi connectivity index (χ4n) is 1.91. The van der Waals surface area contributed by atoms with Gasteiger partial charge in [0.25, 0.3) is 0 Å². The lowest BCUT2D eigenvalue weighted by atomic mass is 10.0. The summed E-state index contributed by atoms with van der Waals surface area (Å²) in [4.78, 5) is 11.1. The van der Waals surface area contributed by atoms with E-state index in [9.17, 15) is 4.79 Å². The molecule has 3 heteroatoms. The zero-order valence-electron chi connectivity index (χ0n) is 10.9. The van der Waals surface area contributed by atoms with E-state index in [1.54, 1.807) is 0 Å². The van der Waals surface area contributed by atoms with E-state index in [-0.39, 0.29) is 5.97 Å². The second kappa shape index (κ2) is 6.59. The monoisotopic (exact) mass is 255 g/mol. The number of hydrogen-bond acceptors (Lipinski definition) is 3. The van der Waals surface area contributed by atoms with E-state index < -0.39 is 0 Å². The summed E-state index contributed by atoms with van der Waals surface area (Å²) in [5.41, 5.74) is 3.31. The number of para-hydroxylation sites is 1. The van der Waals surface area contributed by atoms with Gasteiger partial charge in [0.2, 0.25) is 0 Å². The molecule has 0 heterocycles. The molecule has 0 bridgehead atoms. The van der Waals surface area contributed by atoms with E-state index in [0.29, 0.717) is 13.0 Å². The van der Waals surface area contributed by atoms with E-state index in [1.807, 2.05) is 36.4 Å². The summed E-state index contributed by atoms with van der Waals surface area (Å²) < 4.78 is 4.62. The van der Waals surface area contributed by atoms with E-state index in [4.69, 9.17) is 0 Å². The topological polar surface area (TPSA) is 38.3 Å². The summed E-state index contributed by atoms with van der Waals surface area (Å²) in [5.74, 6) is -0.204. The highest BCUT2D eigenvalue weighted by atomic mass is 16.5. The molecule has 0 atom stereocenters. The summed E-state index contributed by atoms with van der Waals surface area (Å²) >= 11 is 0. The molecular weight excluding hydrogens is 238 g/mol. The van der Waals surface area contributed by atoms with Crippen LogP contribution in [0.1, 0.15) is 6.42 Å². The lowest BCUT2D eigenvalue weighted by Gasteiger charge is -2.11. The normalized spacial score (nSPS) is 9.95. The minimum atomic E-state index is -0.204. The number of rotatable bonds is 5. The van der Waals surface area contributed by atoms with Crippen molar-refractivity contribution in [2.75, 3.05) is 19.0 Å². The van der Waals surface area contributed by atoms with Crippen LogP contribution < -0.4 is 5.32 Å². The van der Waals surface area contributed by atoms with E-state index in [2.05, 4.69) is 28.3 Å². The summed E-state index contributed by atoms with van der Waals surface area (Å²) in [6.07, 6.45) is 0.361. The first-order valence-electron chi connectivity index (χ1n) is 6.26. The molecule has 98 valence electrons. The predicted molar refractivity (Wildman–Crippen MR) is 77.0 cm³/mol. The van der Waals surface area contributed by atoms with Gasteiger partial charge in [-0.1, -0.05) is 48.5 Å². The molecule has 0 aliphatic carbocycles. The molecule has 0 amide bonds. The van der Waals surface area contributed by atoms with Crippen molar-refractivity contribution in [2.24, 2.45) is 0 Å². The fourth-order valence-corrected chi connectivity index (χ4v) is 1.91. The molecule has 0 aliphatic heterocycles. The Balaban J connectivity index is 2.11. The lowest BCUT2D eigenvalue weighted by molar-refractivity contribution is -0.140. The minimum absolute atomic E-state index is 0.204. The number of methoxy groups -OCH3 is 1. The largest absolute Gasteiger partial charge is 0.469 e. The van der Waals surface area contributed by atoms with Gasteiger partial charge >= 0.3 is 5.97 Å². The Bertz CT molecular complexity index is 537. The van der Waals surface area contributed by atoms with Gasteiger partial charge in [-0.3, -0.25) is 4.79 Å². The second-order valence-electron chi connectivity index (χ2n) is 4.16. The predicted octanol–water partition coefficient (Wildman–Crippen LogP) is 3.33. The van der Waals surface area contributed by atoms with E-state index >= 15 is 0 Å². The number of anilines is 1. The highest BCUT2D eigenvalue weighted by Crippen LogP contribution is 2.27. The van der Waals surface area contributed by atoms with Crippen LogP contribution in [0.2, 0.25) is 0 Å². The Morgan fingerprint density at radius 1 is 1.05 bits per heavy atom. The maximum Gasteiger partial charge on any atom is 0.307 e. The molecule has 0 unspecified atom stereocenters. The number of carbonyl (C=O) groups excluding carboxylic acids is 1. The first kappa shape index (κ1) is 13.1. The molecular formula is C16H17NO2. The van der Waals surface area contributed by atoms with Crippen LogP contribution >= 0.6 is 0 Å². The van der Waals surface area contributed by atoms with Crippen LogP contribution in [0.5, 0.6) is 0 Å². The molecule has 0 saturated heterocycles. The molecule has 0 spiro atoms. The smallest absolute Gasteiger partial charge is 0.307 e. The number of benzene rings is 2. The zero-order valence-corrected chi connectivity index (χ0v) is 10.9. The third-order valence-electron chi connectivity index (χ3n) is 2.88. The number of hydrogen-bond donors (Lipinski definition) is 1. The SMILES string of the molecule is COC(=O)CCNc1ccccc1-c1ccccc1. The van der Waals surface area contributed by atoms with Crippen LogP contribution in [0, 0.1) is 0 Å². The van der Waals surface area contributed by atoms with Crippen LogP contribution in [0.25, 0.3) is 11.1 Å². The first-order valence-corrected chi connectivity index (χ1v) is 6.26. The van der Waals surface area contributed by atoms with Gasteiger partial charge in [-0.05, 0) is 11.6 Å². The summed E-state index contributed by atoms with van der Waals surface area (Å²) in [6, 6.07) is 18.2. The zero-order chi connectivity index (χ0) is 13.5. The molecule has 2 aromatic rings. The van der Waals surface area contributed by atoms with Crippen molar-refractivity contribution in [3.05, 3.63) is 54.6 Å². The molecule has 0 radical (unpaired) electrons. The molecule has 0 fully saturated rings. The van der Waals surface area contributed by atoms with Gasteiger partial charge < -0.3 is 10.1 Å². The Labute approximate surface area is 113 Å². The molecule has 2 aromatic carbocycles. The Morgan fingerprint density at radius 2 is 1.74 bits per heavy atom. The van der Waals surface area contributed by atoms with Crippen molar-refractivity contribution >= 4 is 11.7 Å². The number of ether oxygens (including phenoxy) is 1. The maximum atomic E-state index is 11.1. The first-order chi connectivity index (χ1) is 9.31. The number of esters is 1. The Kier molecular flexibility index (Phi) is 4.56. The van der Waals surface area contributed by atoms with Gasteiger partial charge in [0.05, 0.1) is 13.5 Å². The van der Waals surface area contributed by atoms with Crippen molar-refractivity contribution < 1.29 is 9.53 Å². The van der Waals surface area contributed by atoms with Crippen LogP contribution in [0.3, 0.4) is 0 Å². The average molecular weight is 255 g/mol. The molecule has 1 N–H and O–H groups in total. The van der Waals surface area contributed by atoms with Gasteiger partial charge in [0.15, 0.2) is 0 Å². The standard InChI is InChI=1S/C16H17NO2/c1-19-16(18)11-12-17-15-10-6-5-9-14(15)13-7-3-2-4-8-13/h2-10,17H,11-12H2,1H3. The van der Waals surface area contributed by atoms with Crippen LogP contribution in [-0.4, -0.2) is 19.6 Å². The Hall–Kier alpha value is -2.29. The molecule has 2 rings (SSSR count). The molecule has 19 heavy (non-hydrogen) atoms. The third-order valence-corrected chi connectivity index (χ3v) is 2.88. The van der Waals surface area contributed by atoms with Crippen LogP contribution in [0.4, 0.5) is 5.69 Å². The van der Waals surface area contributed by atoms with E-state index in [1.165, 1.54) is 7.11 Å². The number of carbonyl (C=O) groups is 1.